The topological polar surface area (TPSA) is 95.3 Å². The van der Waals surface area contributed by atoms with Crippen molar-refractivity contribution in [3.8, 4) is 0 Å². The molecule has 0 bridgehead atoms. The van der Waals surface area contributed by atoms with Crippen LogP contribution in [0.1, 0.15) is 40.7 Å². The number of nitrogens with zero attached hydrogens (tertiary/aromatic N) is 4. The molecule has 1 unspecified atom stereocenters. The molecule has 1 fully saturated rings. The van der Waals surface area contributed by atoms with Gasteiger partial charge in [-0.25, -0.2) is 9.78 Å². The van der Waals surface area contributed by atoms with Crippen molar-refractivity contribution in [2.75, 3.05) is 31.5 Å². The Morgan fingerprint density at radius 1 is 1.07 bits per heavy atom. The number of aryl methyl sites for hydroxylation is 1. The van der Waals surface area contributed by atoms with Crippen LogP contribution in [0, 0.1) is 6.92 Å². The molecule has 2 amide bonds. The van der Waals surface area contributed by atoms with Crippen LogP contribution < -0.4 is 10.6 Å². The highest BCUT2D eigenvalue weighted by atomic mass is 35.5. The van der Waals surface area contributed by atoms with Crippen LogP contribution in [0.15, 0.2) is 73.2 Å². The molecule has 45 heavy (non-hydrogen) atoms. The molecule has 1 aliphatic heterocycles. The lowest BCUT2D eigenvalue weighted by Gasteiger charge is -2.29. The molecule has 1 saturated heterocycles. The molecule has 0 radical (unpaired) electrons. The van der Waals surface area contributed by atoms with E-state index in [2.05, 4.69) is 20.6 Å². The molecule has 236 valence electrons. The van der Waals surface area contributed by atoms with E-state index in [1.54, 1.807) is 17.3 Å². The third-order valence-electron chi connectivity index (χ3n) is 7.80. The van der Waals surface area contributed by atoms with Crippen LogP contribution in [0.5, 0.6) is 0 Å². The summed E-state index contributed by atoms with van der Waals surface area (Å²) in [6.07, 6.45) is 3.83. The van der Waals surface area contributed by atoms with E-state index in [9.17, 15) is 23.1 Å². The Morgan fingerprint density at radius 2 is 1.80 bits per heavy atom. The Kier molecular flexibility index (Phi) is 9.62. The van der Waals surface area contributed by atoms with Gasteiger partial charge >= 0.3 is 12.2 Å². The highest BCUT2D eigenvalue weighted by Gasteiger charge is 2.32. The number of carbonyl (C=O) groups is 1. The molecule has 3 N–H and O–H groups in total. The van der Waals surface area contributed by atoms with Gasteiger partial charge in [-0.15, -0.1) is 0 Å². The molecule has 2 aromatic heterocycles. The number of aromatic nitrogens is 3. The summed E-state index contributed by atoms with van der Waals surface area (Å²) in [7, 11) is 0. The van der Waals surface area contributed by atoms with Gasteiger partial charge in [-0.1, -0.05) is 23.7 Å². The van der Waals surface area contributed by atoms with Crippen LogP contribution in [-0.2, 0) is 19.1 Å². The van der Waals surface area contributed by atoms with E-state index in [0.29, 0.717) is 36.8 Å². The summed E-state index contributed by atoms with van der Waals surface area (Å²) in [4.78, 5) is 22.2. The monoisotopic (exact) mass is 638 g/mol. The first kappa shape index (κ1) is 32.2. The highest BCUT2D eigenvalue weighted by molar-refractivity contribution is 6.30. The van der Waals surface area contributed by atoms with E-state index in [1.165, 1.54) is 12.1 Å². The van der Waals surface area contributed by atoms with E-state index in [0.717, 1.165) is 59.0 Å². The molecule has 1 aliphatic carbocycles. The third-order valence-corrected chi connectivity index (χ3v) is 8.03. The number of halogens is 4. The largest absolute Gasteiger partial charge is 0.416 e. The smallest absolute Gasteiger partial charge is 0.384 e. The molecule has 2 aromatic carbocycles. The maximum atomic E-state index is 12.4. The molecule has 0 saturated carbocycles. The van der Waals surface area contributed by atoms with E-state index < -0.39 is 17.3 Å². The molecule has 8 nitrogen and oxygen atoms in total. The number of pyridine rings is 1. The predicted octanol–water partition coefficient (Wildman–Crippen LogP) is 6.28. The summed E-state index contributed by atoms with van der Waals surface area (Å²) >= 11 is 6.28. The number of imidazole rings is 1. The van der Waals surface area contributed by atoms with Crippen LogP contribution in [0.3, 0.4) is 0 Å². The van der Waals surface area contributed by atoms with Gasteiger partial charge in [0.05, 0.1) is 17.8 Å². The minimum Gasteiger partial charge on any atom is -0.384 e. The Bertz CT molecular complexity index is 1680. The van der Waals surface area contributed by atoms with Crippen molar-refractivity contribution in [2.24, 2.45) is 0 Å². The number of anilines is 1. The number of amides is 2. The average molecular weight is 639 g/mol. The molecule has 1 atom stereocenters. The molecule has 12 heteroatoms. The average Bonchev–Trinajstić information content (AvgIpc) is 3.32. The Hall–Kier alpha value is -4.19. The zero-order chi connectivity index (χ0) is 32.2. The van der Waals surface area contributed by atoms with Crippen LogP contribution in [-0.4, -0.2) is 62.4 Å². The van der Waals surface area contributed by atoms with Crippen molar-refractivity contribution in [1.82, 2.24) is 24.8 Å². The second kappa shape index (κ2) is 13.4. The van der Waals surface area contributed by atoms with E-state index in [-0.39, 0.29) is 6.03 Å². The zero-order valence-corrected chi connectivity index (χ0v) is 25.7. The molecular weight excluding hydrogens is 605 g/mol. The first-order chi connectivity index (χ1) is 21.4. The quantitative estimate of drug-likeness (QED) is 0.245. The number of rotatable bonds is 4. The van der Waals surface area contributed by atoms with Gasteiger partial charge in [-0.05, 0) is 84.7 Å². The standard InChI is InChI=1S/C21H20ClN3O.C12H14F3N3O/c1-14-23-8-9-25(14)13-21(2,26)19-10-16-4-3-7-24-20(16)11-15-5-6-17(22)12-18(15)19;13-12(14,15)9-1-3-10(4-2-9)17-11(19)18-7-5-16-6-8-18/h3-10,12,26H,11,13H2,1-2H3;1-4,16H,5-8H2,(H,17,19). The number of aliphatic hydroxyl groups is 1. The fraction of sp³-hybridized carbons (Fsp3) is 0.303. The normalized spacial score (nSPS) is 15.8. The first-order valence-electron chi connectivity index (χ1n) is 14.5. The lowest BCUT2D eigenvalue weighted by atomic mass is 9.86. The molecule has 3 heterocycles. The first-order valence-corrected chi connectivity index (χ1v) is 14.9. The number of fused-ring (bicyclic) bond motifs is 2. The van der Waals surface area contributed by atoms with Crippen molar-refractivity contribution in [3.63, 3.8) is 0 Å². The lowest BCUT2D eigenvalue weighted by molar-refractivity contribution is -0.137. The van der Waals surface area contributed by atoms with Gasteiger partial charge in [0.25, 0.3) is 0 Å². The lowest BCUT2D eigenvalue weighted by Crippen LogP contribution is -2.48. The summed E-state index contributed by atoms with van der Waals surface area (Å²) in [6.45, 7) is 6.80. The molecule has 4 aromatic rings. The van der Waals surface area contributed by atoms with Crippen molar-refractivity contribution >= 4 is 35.0 Å². The summed E-state index contributed by atoms with van der Waals surface area (Å²) < 4.78 is 39.1. The van der Waals surface area contributed by atoms with E-state index in [1.807, 2.05) is 61.0 Å². The maximum absolute atomic E-state index is 12.4. The fourth-order valence-electron chi connectivity index (χ4n) is 5.34. The van der Waals surface area contributed by atoms with Gasteiger partial charge in [0.15, 0.2) is 0 Å². The fourth-order valence-corrected chi connectivity index (χ4v) is 5.52. The van der Waals surface area contributed by atoms with Crippen LogP contribution in [0.25, 0.3) is 11.6 Å². The number of hydrogen-bond acceptors (Lipinski definition) is 5. The van der Waals surface area contributed by atoms with Crippen molar-refractivity contribution < 1.29 is 23.1 Å². The number of piperazine rings is 1. The Balaban J connectivity index is 0.000000187. The minimum atomic E-state index is -4.36. The maximum Gasteiger partial charge on any atom is 0.416 e. The number of hydrogen-bond donors (Lipinski definition) is 3. The van der Waals surface area contributed by atoms with Crippen molar-refractivity contribution in [1.29, 1.82) is 0 Å². The van der Waals surface area contributed by atoms with Gasteiger partial charge in [0.2, 0.25) is 0 Å². The molecular formula is C33H34ClF3N6O2. The number of nitrogens with one attached hydrogen (secondary N) is 2. The van der Waals surface area contributed by atoms with Gasteiger partial charge in [0, 0.05) is 61.9 Å². The van der Waals surface area contributed by atoms with Crippen LogP contribution in [0.4, 0.5) is 23.7 Å². The Morgan fingerprint density at radius 3 is 2.47 bits per heavy atom. The van der Waals surface area contributed by atoms with E-state index >= 15 is 0 Å². The van der Waals surface area contributed by atoms with Crippen LogP contribution >= 0.6 is 11.6 Å². The molecule has 2 aliphatic rings. The number of carbonyl (C=O) groups excluding carboxylic acids is 1. The van der Waals surface area contributed by atoms with Gasteiger partial charge in [0.1, 0.15) is 11.4 Å². The molecule has 0 spiro atoms. The van der Waals surface area contributed by atoms with Crippen molar-refractivity contribution in [3.05, 3.63) is 112 Å². The number of alkyl halides is 3. The van der Waals surface area contributed by atoms with Crippen LogP contribution in [0.2, 0.25) is 5.02 Å². The highest BCUT2D eigenvalue weighted by Crippen LogP contribution is 2.38. The van der Waals surface area contributed by atoms with Gasteiger partial charge < -0.3 is 25.2 Å². The summed E-state index contributed by atoms with van der Waals surface area (Å²) in [6, 6.07) is 13.9. The summed E-state index contributed by atoms with van der Waals surface area (Å²) in [5.41, 5.74) is 3.48. The summed E-state index contributed by atoms with van der Waals surface area (Å²) in [5, 5.41) is 17.8. The number of urea groups is 1. The van der Waals surface area contributed by atoms with Gasteiger partial charge in [-0.2, -0.15) is 13.2 Å². The second-order valence-electron chi connectivity index (χ2n) is 11.2. The Labute approximate surface area is 264 Å². The summed E-state index contributed by atoms with van der Waals surface area (Å²) in [5.74, 6) is 0.868. The van der Waals surface area contributed by atoms with E-state index in [4.69, 9.17) is 11.6 Å². The molecule has 6 rings (SSSR count). The second-order valence-corrected chi connectivity index (χ2v) is 11.6. The van der Waals surface area contributed by atoms with Gasteiger partial charge in [-0.3, -0.25) is 4.98 Å². The minimum absolute atomic E-state index is 0.291. The predicted molar refractivity (Wildman–Crippen MR) is 169 cm³/mol. The third kappa shape index (κ3) is 7.91. The van der Waals surface area contributed by atoms with Crippen molar-refractivity contribution in [2.45, 2.75) is 38.6 Å². The zero-order valence-electron chi connectivity index (χ0n) is 24.9. The SMILES string of the molecule is Cc1nccn1CC(C)(O)C1=Cc2cccnc2Cc2ccc(Cl)cc21.O=C(Nc1ccc(C(F)(F)F)cc1)N1CCNCC1. The number of benzene rings is 2.